The Balaban J connectivity index is 1.59. The van der Waals surface area contributed by atoms with Crippen molar-refractivity contribution in [2.75, 3.05) is 6.54 Å². The first-order chi connectivity index (χ1) is 23.2. The SMILES string of the molecule is CC(C)[C@H](NC(=O)OC(C)(C)C)C(=O)N[C@@H](C)C(=O)N1CCC[C@@H](C(=O)O[C@H](C)c2cc3cc(/C=C/CC(=O)OC(C)(C)C)ccc3nn2)N1. The summed E-state index contributed by atoms with van der Waals surface area (Å²) in [7, 11) is 0. The summed E-state index contributed by atoms with van der Waals surface area (Å²) in [5, 5.41) is 15.9. The third-order valence-electron chi connectivity index (χ3n) is 7.44. The van der Waals surface area contributed by atoms with Crippen molar-refractivity contribution < 1.29 is 38.2 Å². The van der Waals surface area contributed by atoms with Gasteiger partial charge in [-0.05, 0) is 97.9 Å². The van der Waals surface area contributed by atoms with Gasteiger partial charge in [0.2, 0.25) is 5.91 Å². The summed E-state index contributed by atoms with van der Waals surface area (Å²) < 4.78 is 16.4. The Labute approximate surface area is 294 Å². The van der Waals surface area contributed by atoms with Gasteiger partial charge in [0, 0.05) is 11.9 Å². The molecule has 0 aliphatic carbocycles. The molecule has 50 heavy (non-hydrogen) atoms. The van der Waals surface area contributed by atoms with E-state index in [4.69, 9.17) is 14.2 Å². The van der Waals surface area contributed by atoms with Gasteiger partial charge in [-0.1, -0.05) is 32.1 Å². The van der Waals surface area contributed by atoms with E-state index in [1.807, 2.05) is 45.0 Å². The topological polar surface area (TPSA) is 178 Å². The molecule has 3 N–H and O–H groups in total. The average Bonchev–Trinajstić information content (AvgIpc) is 3.01. The molecule has 3 rings (SSSR count). The van der Waals surface area contributed by atoms with Crippen LogP contribution in [0.15, 0.2) is 30.3 Å². The van der Waals surface area contributed by atoms with Gasteiger partial charge in [0.1, 0.15) is 41.1 Å². The molecule has 1 aromatic carbocycles. The van der Waals surface area contributed by atoms with Gasteiger partial charge in [-0.3, -0.25) is 24.2 Å². The van der Waals surface area contributed by atoms with Crippen molar-refractivity contribution in [3.05, 3.63) is 41.6 Å². The van der Waals surface area contributed by atoms with E-state index >= 15 is 0 Å². The lowest BCUT2D eigenvalue weighted by Crippen LogP contribution is -2.61. The fourth-order valence-electron chi connectivity index (χ4n) is 5.06. The molecule has 1 saturated heterocycles. The molecule has 3 amide bonds. The number of rotatable bonds is 11. The summed E-state index contributed by atoms with van der Waals surface area (Å²) >= 11 is 0. The fourth-order valence-corrected chi connectivity index (χ4v) is 5.06. The maximum absolute atomic E-state index is 13.3. The third kappa shape index (κ3) is 12.4. The van der Waals surface area contributed by atoms with Crippen molar-refractivity contribution in [1.29, 1.82) is 0 Å². The molecule has 0 saturated carbocycles. The quantitative estimate of drug-likeness (QED) is 0.222. The van der Waals surface area contributed by atoms with Crippen LogP contribution in [-0.2, 0) is 33.4 Å². The smallest absolute Gasteiger partial charge is 0.408 e. The van der Waals surface area contributed by atoms with Crippen LogP contribution in [0.2, 0.25) is 0 Å². The number of nitrogens with zero attached hydrogens (tertiary/aromatic N) is 3. The monoisotopic (exact) mass is 696 g/mol. The molecule has 274 valence electrons. The predicted molar refractivity (Wildman–Crippen MR) is 187 cm³/mol. The number of carbonyl (C=O) groups excluding carboxylic acids is 5. The van der Waals surface area contributed by atoms with Crippen LogP contribution in [0.1, 0.15) is 106 Å². The Kier molecular flexibility index (Phi) is 13.5. The van der Waals surface area contributed by atoms with Crippen LogP contribution in [0.4, 0.5) is 4.79 Å². The maximum atomic E-state index is 13.3. The highest BCUT2D eigenvalue weighted by molar-refractivity contribution is 5.91. The first kappa shape index (κ1) is 39.8. The van der Waals surface area contributed by atoms with E-state index in [0.717, 1.165) is 10.9 Å². The average molecular weight is 697 g/mol. The minimum atomic E-state index is -0.949. The van der Waals surface area contributed by atoms with Crippen LogP contribution in [-0.4, -0.2) is 80.9 Å². The highest BCUT2D eigenvalue weighted by Crippen LogP contribution is 2.22. The van der Waals surface area contributed by atoms with Gasteiger partial charge >= 0.3 is 18.0 Å². The van der Waals surface area contributed by atoms with Crippen LogP contribution in [0.5, 0.6) is 0 Å². The molecule has 14 heteroatoms. The Hall–Kier alpha value is -4.59. The number of amides is 3. The van der Waals surface area contributed by atoms with Crippen LogP contribution in [0.25, 0.3) is 17.0 Å². The number of aromatic nitrogens is 2. The van der Waals surface area contributed by atoms with Crippen LogP contribution in [0.3, 0.4) is 0 Å². The van der Waals surface area contributed by atoms with E-state index < -0.39 is 59.3 Å². The number of alkyl carbamates (subject to hydrolysis) is 1. The number of ether oxygens (including phenoxy) is 3. The van der Waals surface area contributed by atoms with Gasteiger partial charge in [0.25, 0.3) is 5.91 Å². The molecule has 1 aliphatic rings. The largest absolute Gasteiger partial charge is 0.460 e. The Morgan fingerprint density at radius 2 is 1.64 bits per heavy atom. The van der Waals surface area contributed by atoms with E-state index in [1.54, 1.807) is 53.7 Å². The molecular weight excluding hydrogens is 644 g/mol. The summed E-state index contributed by atoms with van der Waals surface area (Å²) in [4.78, 5) is 63.9. The number of nitrogens with one attached hydrogen (secondary N) is 3. The number of hydrazine groups is 1. The highest BCUT2D eigenvalue weighted by Gasteiger charge is 2.34. The van der Waals surface area contributed by atoms with Crippen molar-refractivity contribution in [3.63, 3.8) is 0 Å². The Bertz CT molecular complexity index is 1580. The molecule has 1 fully saturated rings. The van der Waals surface area contributed by atoms with E-state index in [2.05, 4.69) is 26.3 Å². The molecule has 0 bridgehead atoms. The normalized spacial score (nSPS) is 17.2. The van der Waals surface area contributed by atoms with E-state index in [1.165, 1.54) is 11.9 Å². The maximum Gasteiger partial charge on any atom is 0.408 e. The second-order valence-electron chi connectivity index (χ2n) is 14.8. The second-order valence-corrected chi connectivity index (χ2v) is 14.8. The molecule has 4 atom stereocenters. The summed E-state index contributed by atoms with van der Waals surface area (Å²) in [6.45, 7) is 17.7. The molecule has 2 heterocycles. The molecule has 0 unspecified atom stereocenters. The molecular formula is C36H52N6O8. The van der Waals surface area contributed by atoms with E-state index in [-0.39, 0.29) is 18.3 Å². The number of benzene rings is 1. The summed E-state index contributed by atoms with van der Waals surface area (Å²) in [5.41, 5.74) is 3.61. The summed E-state index contributed by atoms with van der Waals surface area (Å²) in [6.07, 6.45) is 3.20. The van der Waals surface area contributed by atoms with Crippen molar-refractivity contribution in [2.24, 2.45) is 5.92 Å². The van der Waals surface area contributed by atoms with Crippen LogP contribution in [0, 0.1) is 5.92 Å². The van der Waals surface area contributed by atoms with Crippen molar-refractivity contribution in [2.45, 2.75) is 124 Å². The lowest BCUT2D eigenvalue weighted by molar-refractivity contribution is -0.157. The number of hydrogen-bond acceptors (Lipinski definition) is 11. The van der Waals surface area contributed by atoms with E-state index in [9.17, 15) is 24.0 Å². The van der Waals surface area contributed by atoms with Gasteiger partial charge < -0.3 is 24.8 Å². The first-order valence-electron chi connectivity index (χ1n) is 17.0. The number of fused-ring (bicyclic) bond motifs is 1. The summed E-state index contributed by atoms with van der Waals surface area (Å²) in [5.74, 6) is -2.13. The lowest BCUT2D eigenvalue weighted by atomic mass is 10.0. The van der Waals surface area contributed by atoms with Crippen molar-refractivity contribution >= 4 is 46.8 Å². The number of hydrogen-bond donors (Lipinski definition) is 3. The zero-order chi connectivity index (χ0) is 37.4. The molecule has 1 aliphatic heterocycles. The van der Waals surface area contributed by atoms with Gasteiger partial charge in [-0.25, -0.2) is 10.2 Å². The summed E-state index contributed by atoms with van der Waals surface area (Å²) in [6, 6.07) is 4.70. The Morgan fingerprint density at radius 3 is 2.28 bits per heavy atom. The zero-order valence-corrected chi connectivity index (χ0v) is 30.8. The van der Waals surface area contributed by atoms with Crippen molar-refractivity contribution in [3.8, 4) is 0 Å². The molecule has 0 spiro atoms. The van der Waals surface area contributed by atoms with Gasteiger partial charge in [0.15, 0.2) is 0 Å². The van der Waals surface area contributed by atoms with Gasteiger partial charge in [0.05, 0.1) is 11.9 Å². The van der Waals surface area contributed by atoms with Gasteiger partial charge in [-0.15, -0.1) is 0 Å². The molecule has 1 aromatic heterocycles. The predicted octanol–water partition coefficient (Wildman–Crippen LogP) is 4.53. The van der Waals surface area contributed by atoms with Gasteiger partial charge in [-0.2, -0.15) is 10.2 Å². The number of esters is 2. The third-order valence-corrected chi connectivity index (χ3v) is 7.44. The number of carbonyl (C=O) groups is 5. The Morgan fingerprint density at radius 1 is 0.960 bits per heavy atom. The van der Waals surface area contributed by atoms with Crippen LogP contribution < -0.4 is 16.1 Å². The lowest BCUT2D eigenvalue weighted by Gasteiger charge is -2.35. The standard InChI is InChI=1S/C36H52N6O8/c1-21(2)30(38-34(47)50-36(8,9)10)31(44)37-22(3)32(45)42-18-12-14-27(41-42)33(46)48-23(4)28-20-25-19-24(16-17-26(25)39-40-28)13-11-15-29(43)49-35(5,6)7/h11,13,16-17,19-23,27,30,41H,12,14-15,18H2,1-10H3,(H,37,44)(H,38,47)/b13-11+/t22-,23+,27-,30-/m0/s1. The molecule has 14 nitrogen and oxygen atoms in total. The second kappa shape index (κ2) is 16.9. The highest BCUT2D eigenvalue weighted by atomic mass is 16.6. The van der Waals surface area contributed by atoms with Crippen molar-refractivity contribution in [1.82, 2.24) is 31.3 Å². The zero-order valence-electron chi connectivity index (χ0n) is 30.8. The minimum Gasteiger partial charge on any atom is -0.460 e. The van der Waals surface area contributed by atoms with E-state index in [0.29, 0.717) is 30.6 Å². The molecule has 0 radical (unpaired) electrons. The van der Waals surface area contributed by atoms with Crippen LogP contribution >= 0.6 is 0 Å². The fraction of sp³-hybridized carbons (Fsp3) is 0.583. The first-order valence-corrected chi connectivity index (χ1v) is 17.0. The molecule has 2 aromatic rings. The minimum absolute atomic E-state index is 0.139.